The molecule has 0 aliphatic heterocycles. The molecule has 0 bridgehead atoms. The highest BCUT2D eigenvalue weighted by Crippen LogP contribution is 2.41. The monoisotopic (exact) mass is 301 g/mol. The third-order valence-corrected chi connectivity index (χ3v) is 3.97. The Morgan fingerprint density at radius 1 is 1.29 bits per heavy atom. The third kappa shape index (κ3) is 2.38. The molecule has 0 fully saturated rings. The summed E-state index contributed by atoms with van der Waals surface area (Å²) in [6.45, 7) is 3.96. The highest BCUT2D eigenvalue weighted by molar-refractivity contribution is 7.09. The summed E-state index contributed by atoms with van der Waals surface area (Å²) in [6.07, 6.45) is 0. The van der Waals surface area contributed by atoms with Crippen molar-refractivity contribution in [1.29, 1.82) is 0 Å². The number of benzene rings is 1. The van der Waals surface area contributed by atoms with Crippen LogP contribution in [-0.2, 0) is 0 Å². The largest absolute Gasteiger partial charge is 0.496 e. The van der Waals surface area contributed by atoms with Gasteiger partial charge in [0.1, 0.15) is 11.4 Å². The average Bonchev–Trinajstić information content (AvgIpc) is 3.04. The van der Waals surface area contributed by atoms with E-state index in [9.17, 15) is 0 Å². The topological polar surface area (TPSA) is 74.2 Å². The van der Waals surface area contributed by atoms with Gasteiger partial charge in [-0.1, -0.05) is 16.8 Å². The molecule has 6 heteroatoms. The van der Waals surface area contributed by atoms with Crippen LogP contribution in [0.4, 0.5) is 5.82 Å². The van der Waals surface area contributed by atoms with Crippen molar-refractivity contribution in [3.63, 3.8) is 0 Å². The van der Waals surface area contributed by atoms with Crippen LogP contribution >= 0.6 is 11.3 Å². The number of anilines is 1. The smallest absolute Gasteiger partial charge is 0.196 e. The van der Waals surface area contributed by atoms with Gasteiger partial charge in [0, 0.05) is 10.9 Å². The molecule has 2 aromatic heterocycles. The van der Waals surface area contributed by atoms with Crippen LogP contribution in [0.3, 0.4) is 0 Å². The molecule has 0 atom stereocenters. The number of hydrogen-bond donors (Lipinski definition) is 1. The van der Waals surface area contributed by atoms with E-state index < -0.39 is 0 Å². The Morgan fingerprint density at radius 3 is 2.76 bits per heavy atom. The minimum Gasteiger partial charge on any atom is -0.496 e. The standard InChI is InChI=1S/C15H15N3O2S/c1-8-4-5-12(19-3)10(6-8)13-14(20-18-15(13)16)11-7-21-9(2)17-11/h4-7H,1-3H3,(H2,16,18). The normalized spacial score (nSPS) is 10.8. The number of aromatic nitrogens is 2. The third-order valence-electron chi connectivity index (χ3n) is 3.19. The highest BCUT2D eigenvalue weighted by atomic mass is 32.1. The molecule has 1 aromatic carbocycles. The lowest BCUT2D eigenvalue weighted by Crippen LogP contribution is -1.93. The summed E-state index contributed by atoms with van der Waals surface area (Å²) in [7, 11) is 1.63. The van der Waals surface area contributed by atoms with Gasteiger partial charge >= 0.3 is 0 Å². The molecule has 0 aliphatic carbocycles. The average molecular weight is 301 g/mol. The molecule has 0 saturated carbocycles. The van der Waals surface area contributed by atoms with Gasteiger partial charge in [-0.05, 0) is 26.0 Å². The SMILES string of the molecule is COc1ccc(C)cc1-c1c(N)noc1-c1csc(C)n1. The minimum absolute atomic E-state index is 0.333. The van der Waals surface area contributed by atoms with Crippen LogP contribution in [-0.4, -0.2) is 17.3 Å². The first-order valence-corrected chi connectivity index (χ1v) is 7.30. The van der Waals surface area contributed by atoms with Crippen LogP contribution in [0, 0.1) is 13.8 Å². The van der Waals surface area contributed by atoms with E-state index in [1.807, 2.05) is 37.4 Å². The second kappa shape index (κ2) is 5.21. The van der Waals surface area contributed by atoms with Crippen molar-refractivity contribution in [2.75, 3.05) is 12.8 Å². The van der Waals surface area contributed by atoms with Gasteiger partial charge in [0.25, 0.3) is 0 Å². The molecule has 0 amide bonds. The molecule has 3 rings (SSSR count). The highest BCUT2D eigenvalue weighted by Gasteiger charge is 2.22. The summed E-state index contributed by atoms with van der Waals surface area (Å²) in [4.78, 5) is 4.45. The van der Waals surface area contributed by atoms with Crippen LogP contribution in [0.15, 0.2) is 28.1 Å². The maximum absolute atomic E-state index is 6.01. The number of nitrogens with zero attached hydrogens (tertiary/aromatic N) is 2. The first-order chi connectivity index (χ1) is 10.1. The van der Waals surface area contributed by atoms with Gasteiger partial charge in [0.05, 0.1) is 17.7 Å². The summed E-state index contributed by atoms with van der Waals surface area (Å²) in [5.74, 6) is 1.63. The lowest BCUT2D eigenvalue weighted by atomic mass is 10.0. The number of nitrogen functional groups attached to an aromatic ring is 1. The number of ether oxygens (including phenoxy) is 1. The fraction of sp³-hybridized carbons (Fsp3) is 0.200. The quantitative estimate of drug-likeness (QED) is 0.799. The Hall–Kier alpha value is -2.34. The number of hydrogen-bond acceptors (Lipinski definition) is 6. The molecule has 3 aromatic rings. The molecule has 0 unspecified atom stereocenters. The Morgan fingerprint density at radius 2 is 2.10 bits per heavy atom. The van der Waals surface area contributed by atoms with Gasteiger partial charge in [0.2, 0.25) is 0 Å². The van der Waals surface area contributed by atoms with Gasteiger partial charge in [0.15, 0.2) is 11.6 Å². The minimum atomic E-state index is 0.333. The van der Waals surface area contributed by atoms with Crippen molar-refractivity contribution in [3.8, 4) is 28.3 Å². The van der Waals surface area contributed by atoms with Gasteiger partial charge in [-0.25, -0.2) is 4.98 Å². The predicted molar refractivity (Wildman–Crippen MR) is 83.5 cm³/mol. The number of methoxy groups -OCH3 is 1. The van der Waals surface area contributed by atoms with E-state index in [-0.39, 0.29) is 0 Å². The fourth-order valence-corrected chi connectivity index (χ4v) is 2.82. The van der Waals surface area contributed by atoms with Crippen molar-refractivity contribution in [2.24, 2.45) is 0 Å². The number of thiazole rings is 1. The van der Waals surface area contributed by atoms with Crippen LogP contribution in [0.25, 0.3) is 22.6 Å². The van der Waals surface area contributed by atoms with Crippen molar-refractivity contribution in [2.45, 2.75) is 13.8 Å². The lowest BCUT2D eigenvalue weighted by molar-refractivity contribution is 0.416. The van der Waals surface area contributed by atoms with Crippen LogP contribution in [0.5, 0.6) is 5.75 Å². The molecule has 0 aliphatic rings. The molecule has 0 spiro atoms. The maximum Gasteiger partial charge on any atom is 0.196 e. The zero-order valence-electron chi connectivity index (χ0n) is 12.0. The Labute approximate surface area is 126 Å². The van der Waals surface area contributed by atoms with Gasteiger partial charge in [-0.2, -0.15) is 0 Å². The van der Waals surface area contributed by atoms with E-state index in [1.165, 1.54) is 0 Å². The van der Waals surface area contributed by atoms with Crippen LogP contribution in [0.2, 0.25) is 0 Å². The summed E-state index contributed by atoms with van der Waals surface area (Å²) >= 11 is 1.55. The van der Waals surface area contributed by atoms with E-state index >= 15 is 0 Å². The first-order valence-electron chi connectivity index (χ1n) is 6.43. The molecule has 0 radical (unpaired) electrons. The summed E-state index contributed by atoms with van der Waals surface area (Å²) in [6, 6.07) is 5.90. The van der Waals surface area contributed by atoms with E-state index in [0.717, 1.165) is 33.1 Å². The molecular formula is C15H15N3O2S. The second-order valence-electron chi connectivity index (χ2n) is 4.73. The number of nitrogens with two attached hydrogens (primary N) is 1. The van der Waals surface area contributed by atoms with E-state index in [0.29, 0.717) is 11.6 Å². The number of rotatable bonds is 3. The Balaban J connectivity index is 2.24. The van der Waals surface area contributed by atoms with Crippen molar-refractivity contribution in [3.05, 3.63) is 34.2 Å². The predicted octanol–water partition coefficient (Wildman–Crippen LogP) is 3.67. The van der Waals surface area contributed by atoms with Crippen LogP contribution < -0.4 is 10.5 Å². The van der Waals surface area contributed by atoms with E-state index in [2.05, 4.69) is 10.1 Å². The fourth-order valence-electron chi connectivity index (χ4n) is 2.22. The zero-order chi connectivity index (χ0) is 15.0. The van der Waals surface area contributed by atoms with Crippen molar-refractivity contribution in [1.82, 2.24) is 10.1 Å². The van der Waals surface area contributed by atoms with Gasteiger partial charge in [-0.15, -0.1) is 11.3 Å². The molecular weight excluding hydrogens is 286 g/mol. The van der Waals surface area contributed by atoms with Gasteiger partial charge < -0.3 is 15.0 Å². The molecule has 0 saturated heterocycles. The summed E-state index contributed by atoms with van der Waals surface area (Å²) < 4.78 is 10.8. The summed E-state index contributed by atoms with van der Waals surface area (Å²) in [5.41, 5.74) is 9.43. The molecule has 108 valence electrons. The molecule has 2 N–H and O–H groups in total. The second-order valence-corrected chi connectivity index (χ2v) is 5.79. The first kappa shape index (κ1) is 13.6. The van der Waals surface area contributed by atoms with Gasteiger partial charge in [-0.3, -0.25) is 0 Å². The Kier molecular flexibility index (Phi) is 3.39. The van der Waals surface area contributed by atoms with Crippen molar-refractivity contribution < 1.29 is 9.26 Å². The lowest BCUT2D eigenvalue weighted by Gasteiger charge is -2.09. The van der Waals surface area contributed by atoms with Crippen molar-refractivity contribution >= 4 is 17.2 Å². The molecule has 5 nitrogen and oxygen atoms in total. The molecule has 2 heterocycles. The number of aryl methyl sites for hydroxylation is 2. The molecule has 21 heavy (non-hydrogen) atoms. The summed E-state index contributed by atoms with van der Waals surface area (Å²) in [5, 5.41) is 6.79. The zero-order valence-corrected chi connectivity index (χ0v) is 12.8. The van der Waals surface area contributed by atoms with E-state index in [1.54, 1.807) is 18.4 Å². The Bertz CT molecular complexity index is 792. The maximum atomic E-state index is 6.01. The van der Waals surface area contributed by atoms with E-state index in [4.69, 9.17) is 15.0 Å². The van der Waals surface area contributed by atoms with Crippen LogP contribution in [0.1, 0.15) is 10.6 Å².